The van der Waals surface area contributed by atoms with E-state index in [1.54, 1.807) is 12.3 Å². The van der Waals surface area contributed by atoms with E-state index in [0.29, 0.717) is 12.1 Å². The van der Waals surface area contributed by atoms with Crippen LogP contribution in [0, 0.1) is 11.6 Å². The van der Waals surface area contributed by atoms with E-state index >= 15 is 0 Å². The molecule has 0 spiro atoms. The molecule has 18 heavy (non-hydrogen) atoms. The van der Waals surface area contributed by atoms with Crippen molar-refractivity contribution in [3.05, 3.63) is 65.5 Å². The third-order valence-corrected chi connectivity index (χ3v) is 2.73. The van der Waals surface area contributed by atoms with Crippen LogP contribution < -0.4 is 5.32 Å². The van der Waals surface area contributed by atoms with Gasteiger partial charge >= 0.3 is 0 Å². The Kier molecular flexibility index (Phi) is 3.99. The van der Waals surface area contributed by atoms with E-state index in [1.165, 1.54) is 6.07 Å². The van der Waals surface area contributed by atoms with E-state index in [1.807, 2.05) is 25.1 Å². The predicted molar refractivity (Wildman–Crippen MR) is 65.8 cm³/mol. The Hall–Kier alpha value is -1.81. The second kappa shape index (κ2) is 5.69. The summed E-state index contributed by atoms with van der Waals surface area (Å²) in [6, 6.07) is 9.65. The molecule has 0 aliphatic rings. The number of hydrogen-bond acceptors (Lipinski definition) is 2. The second-order valence-electron chi connectivity index (χ2n) is 4.11. The van der Waals surface area contributed by atoms with Crippen LogP contribution >= 0.6 is 0 Å². The van der Waals surface area contributed by atoms with Crippen LogP contribution in [0.1, 0.15) is 24.2 Å². The van der Waals surface area contributed by atoms with Gasteiger partial charge in [-0.25, -0.2) is 8.78 Å². The molecule has 2 aromatic rings. The Labute approximate surface area is 105 Å². The largest absolute Gasteiger partial charge is 0.305 e. The van der Waals surface area contributed by atoms with Crippen molar-refractivity contribution in [1.29, 1.82) is 0 Å². The van der Waals surface area contributed by atoms with E-state index in [4.69, 9.17) is 0 Å². The molecule has 4 heteroatoms. The van der Waals surface area contributed by atoms with Gasteiger partial charge in [0.15, 0.2) is 11.6 Å². The van der Waals surface area contributed by atoms with Crippen LogP contribution in [-0.4, -0.2) is 4.98 Å². The fourth-order valence-corrected chi connectivity index (χ4v) is 1.66. The predicted octanol–water partition coefficient (Wildman–Crippen LogP) is 3.21. The van der Waals surface area contributed by atoms with Crippen LogP contribution in [0.25, 0.3) is 0 Å². The quantitative estimate of drug-likeness (QED) is 0.898. The first-order valence-electron chi connectivity index (χ1n) is 5.75. The molecule has 0 unspecified atom stereocenters. The third kappa shape index (κ3) is 3.11. The molecule has 2 nitrogen and oxygen atoms in total. The number of pyridine rings is 1. The fraction of sp³-hybridized carbons (Fsp3) is 0.214. The highest BCUT2D eigenvalue weighted by Gasteiger charge is 2.07. The molecule has 0 saturated heterocycles. The molecule has 0 radical (unpaired) electrons. The number of nitrogens with zero attached hydrogens (tertiary/aromatic N) is 1. The van der Waals surface area contributed by atoms with Crippen molar-refractivity contribution in [3.8, 4) is 0 Å². The average molecular weight is 248 g/mol. The molecule has 1 atom stereocenters. The maximum atomic E-state index is 13.0. The average Bonchev–Trinajstić information content (AvgIpc) is 2.41. The van der Waals surface area contributed by atoms with Crippen LogP contribution in [-0.2, 0) is 6.54 Å². The van der Waals surface area contributed by atoms with E-state index < -0.39 is 11.6 Å². The van der Waals surface area contributed by atoms with Gasteiger partial charge in [0.2, 0.25) is 0 Å². The first-order chi connectivity index (χ1) is 8.66. The van der Waals surface area contributed by atoms with Crippen molar-refractivity contribution in [2.45, 2.75) is 19.5 Å². The summed E-state index contributed by atoms with van der Waals surface area (Å²) in [4.78, 5) is 4.23. The van der Waals surface area contributed by atoms with Crippen molar-refractivity contribution < 1.29 is 8.78 Å². The minimum absolute atomic E-state index is 0.0549. The molecular formula is C14H14F2N2. The van der Waals surface area contributed by atoms with Gasteiger partial charge in [0.25, 0.3) is 0 Å². The van der Waals surface area contributed by atoms with Gasteiger partial charge in [-0.15, -0.1) is 0 Å². The molecule has 2 rings (SSSR count). The molecule has 0 aliphatic carbocycles. The van der Waals surface area contributed by atoms with Crippen molar-refractivity contribution in [1.82, 2.24) is 10.3 Å². The molecule has 0 fully saturated rings. The van der Waals surface area contributed by atoms with E-state index in [9.17, 15) is 8.78 Å². The zero-order chi connectivity index (χ0) is 13.0. The molecular weight excluding hydrogens is 234 g/mol. The van der Waals surface area contributed by atoms with Gasteiger partial charge in [0.05, 0.1) is 5.69 Å². The number of rotatable bonds is 4. The van der Waals surface area contributed by atoms with E-state index in [-0.39, 0.29) is 6.04 Å². The first-order valence-corrected chi connectivity index (χ1v) is 5.75. The lowest BCUT2D eigenvalue weighted by molar-refractivity contribution is 0.503. The lowest BCUT2D eigenvalue weighted by Gasteiger charge is -2.13. The molecule has 0 amide bonds. The molecule has 1 aromatic heterocycles. The molecule has 0 bridgehead atoms. The highest BCUT2D eigenvalue weighted by molar-refractivity contribution is 5.18. The van der Waals surface area contributed by atoms with Gasteiger partial charge in [-0.1, -0.05) is 12.1 Å². The highest BCUT2D eigenvalue weighted by atomic mass is 19.2. The molecule has 1 N–H and O–H groups in total. The lowest BCUT2D eigenvalue weighted by atomic mass is 10.1. The Balaban J connectivity index is 1.97. The minimum Gasteiger partial charge on any atom is -0.305 e. The van der Waals surface area contributed by atoms with Gasteiger partial charge in [0.1, 0.15) is 0 Å². The van der Waals surface area contributed by atoms with Gasteiger partial charge in [-0.05, 0) is 36.8 Å². The molecule has 0 saturated carbocycles. The second-order valence-corrected chi connectivity index (χ2v) is 4.11. The van der Waals surface area contributed by atoms with Crippen molar-refractivity contribution in [3.63, 3.8) is 0 Å². The normalized spacial score (nSPS) is 12.4. The Morgan fingerprint density at radius 3 is 2.67 bits per heavy atom. The summed E-state index contributed by atoms with van der Waals surface area (Å²) in [5.41, 5.74) is 1.62. The van der Waals surface area contributed by atoms with Gasteiger partial charge in [-0.2, -0.15) is 0 Å². The highest BCUT2D eigenvalue weighted by Crippen LogP contribution is 2.12. The van der Waals surface area contributed by atoms with Crippen molar-refractivity contribution in [2.75, 3.05) is 0 Å². The number of aromatic nitrogens is 1. The Morgan fingerprint density at radius 2 is 2.00 bits per heavy atom. The molecule has 94 valence electrons. The Bertz CT molecular complexity index is 514. The van der Waals surface area contributed by atoms with Crippen LogP contribution in [0.15, 0.2) is 42.6 Å². The topological polar surface area (TPSA) is 24.9 Å². The summed E-state index contributed by atoms with van der Waals surface area (Å²) >= 11 is 0. The summed E-state index contributed by atoms with van der Waals surface area (Å²) in [5.74, 6) is -1.64. The van der Waals surface area contributed by atoms with Crippen molar-refractivity contribution >= 4 is 0 Å². The van der Waals surface area contributed by atoms with Crippen LogP contribution in [0.3, 0.4) is 0 Å². The summed E-state index contributed by atoms with van der Waals surface area (Å²) in [6.07, 6.45) is 1.73. The monoisotopic (exact) mass is 248 g/mol. The zero-order valence-electron chi connectivity index (χ0n) is 10.0. The van der Waals surface area contributed by atoms with Crippen LogP contribution in [0.5, 0.6) is 0 Å². The summed E-state index contributed by atoms with van der Waals surface area (Å²) in [7, 11) is 0. The number of halogens is 2. The summed E-state index contributed by atoms with van der Waals surface area (Å²) in [6.45, 7) is 2.44. The summed E-state index contributed by atoms with van der Waals surface area (Å²) < 4.78 is 25.8. The maximum Gasteiger partial charge on any atom is 0.159 e. The zero-order valence-corrected chi connectivity index (χ0v) is 10.0. The van der Waals surface area contributed by atoms with Gasteiger partial charge < -0.3 is 5.32 Å². The standard InChI is InChI=1S/C14H14F2N2/c1-10(14-4-2-3-7-17-14)18-9-11-5-6-12(15)13(16)8-11/h2-8,10,18H,9H2,1H3/t10-/m1/s1. The minimum atomic E-state index is -0.823. The number of benzene rings is 1. The summed E-state index contributed by atoms with van der Waals surface area (Å²) in [5, 5.41) is 3.21. The van der Waals surface area contributed by atoms with Gasteiger partial charge in [-0.3, -0.25) is 4.98 Å². The van der Waals surface area contributed by atoms with Gasteiger partial charge in [0, 0.05) is 18.8 Å². The third-order valence-electron chi connectivity index (χ3n) is 2.73. The fourth-order valence-electron chi connectivity index (χ4n) is 1.66. The maximum absolute atomic E-state index is 13.0. The lowest BCUT2D eigenvalue weighted by Crippen LogP contribution is -2.19. The van der Waals surface area contributed by atoms with Crippen molar-refractivity contribution in [2.24, 2.45) is 0 Å². The molecule has 1 heterocycles. The van der Waals surface area contributed by atoms with E-state index in [2.05, 4.69) is 10.3 Å². The van der Waals surface area contributed by atoms with Crippen LogP contribution in [0.2, 0.25) is 0 Å². The number of hydrogen-bond donors (Lipinski definition) is 1. The van der Waals surface area contributed by atoms with E-state index in [0.717, 1.165) is 11.8 Å². The molecule has 0 aliphatic heterocycles. The number of nitrogens with one attached hydrogen (secondary N) is 1. The Morgan fingerprint density at radius 1 is 1.17 bits per heavy atom. The SMILES string of the molecule is C[C@@H](NCc1ccc(F)c(F)c1)c1ccccn1. The first kappa shape index (κ1) is 12.6. The molecule has 1 aromatic carbocycles. The smallest absolute Gasteiger partial charge is 0.159 e. The van der Waals surface area contributed by atoms with Crippen LogP contribution in [0.4, 0.5) is 8.78 Å².